The Balaban J connectivity index is 2.41. The molecule has 2 aromatic carbocycles. The number of amides is 1. The van der Waals surface area contributed by atoms with Gasteiger partial charge in [0.05, 0.1) is 28.6 Å². The van der Waals surface area contributed by atoms with Gasteiger partial charge in [-0.3, -0.25) is 9.59 Å². The van der Waals surface area contributed by atoms with Crippen molar-refractivity contribution < 1.29 is 57.9 Å². The number of hydrogen-bond donors (Lipinski definition) is 1. The lowest BCUT2D eigenvalue weighted by molar-refractivity contribution is -0.144. The van der Waals surface area contributed by atoms with Gasteiger partial charge in [0.15, 0.2) is 11.6 Å². The Morgan fingerprint density at radius 1 is 0.923 bits per heavy atom. The van der Waals surface area contributed by atoms with E-state index >= 15 is 0 Å². The summed E-state index contributed by atoms with van der Waals surface area (Å²) in [6, 6.07) is 2.05. The summed E-state index contributed by atoms with van der Waals surface area (Å²) in [5.74, 6) is -8.57. The Labute approximate surface area is 222 Å². The maximum Gasteiger partial charge on any atom is 0.417 e. The fourth-order valence-electron chi connectivity index (χ4n) is 3.17. The van der Waals surface area contributed by atoms with Crippen LogP contribution in [0.15, 0.2) is 36.4 Å². The van der Waals surface area contributed by atoms with Gasteiger partial charge in [0.2, 0.25) is 5.91 Å². The Bertz CT molecular complexity index is 1250. The maximum absolute atomic E-state index is 14.8. The Hall–Kier alpha value is -2.87. The van der Waals surface area contributed by atoms with Crippen molar-refractivity contribution in [3.63, 3.8) is 0 Å². The lowest BCUT2D eigenvalue weighted by Gasteiger charge is -2.19. The number of carbonyl (C=O) groups excluding carboxylic acids is 2. The number of alkyl halides is 9. The summed E-state index contributed by atoms with van der Waals surface area (Å²) in [6.45, 7) is -1.14. The highest BCUT2D eigenvalue weighted by molar-refractivity contribution is 6.35. The number of ketones is 1. The van der Waals surface area contributed by atoms with Crippen LogP contribution >= 0.6 is 23.2 Å². The monoisotopic (exact) mass is 615 g/mol. The number of hydrogen-bond acceptors (Lipinski definition) is 2. The van der Waals surface area contributed by atoms with E-state index in [-0.39, 0.29) is 12.1 Å². The van der Waals surface area contributed by atoms with Gasteiger partial charge in [0.1, 0.15) is 11.7 Å². The minimum Gasteiger partial charge on any atom is -0.349 e. The van der Waals surface area contributed by atoms with Crippen LogP contribution in [0.5, 0.6) is 0 Å². The number of carbonyl (C=O) groups is 2. The van der Waals surface area contributed by atoms with E-state index in [4.69, 9.17) is 23.2 Å². The minimum atomic E-state index is -5.33. The van der Waals surface area contributed by atoms with Crippen molar-refractivity contribution in [1.29, 1.82) is 0 Å². The standard InChI is InChI=1S/C23H14Cl2F11NO2/c24-15-6-11(7-16(25)20(15)27)13(22(31,32)33)8-17(26)10-1-2-12(14(5-10)23(34,35)36)18(38)9-37-19(39)3-4-21(28,29)30/h1-2,5-8,13H,3-4,9H2,(H,37,39)/b17-8-. The van der Waals surface area contributed by atoms with Gasteiger partial charge in [-0.2, -0.15) is 39.5 Å². The van der Waals surface area contributed by atoms with Crippen LogP contribution in [0.1, 0.15) is 45.8 Å². The third-order valence-corrected chi connectivity index (χ3v) is 5.56. The van der Waals surface area contributed by atoms with Crippen LogP contribution in [0.25, 0.3) is 5.83 Å². The highest BCUT2D eigenvalue weighted by Crippen LogP contribution is 2.41. The first-order valence-electron chi connectivity index (χ1n) is 10.4. The summed E-state index contributed by atoms with van der Waals surface area (Å²) in [5, 5.41) is 0.0776. The molecule has 0 aliphatic rings. The number of nitrogens with one attached hydrogen (secondary N) is 1. The van der Waals surface area contributed by atoms with E-state index in [0.717, 1.165) is 0 Å². The number of allylic oxidation sites excluding steroid dienone is 1. The van der Waals surface area contributed by atoms with Crippen LogP contribution in [-0.2, 0) is 11.0 Å². The molecule has 1 N–H and O–H groups in total. The predicted molar refractivity (Wildman–Crippen MR) is 118 cm³/mol. The zero-order valence-corrected chi connectivity index (χ0v) is 20.4. The average Bonchev–Trinajstić information content (AvgIpc) is 2.80. The molecule has 0 aliphatic heterocycles. The van der Waals surface area contributed by atoms with Gasteiger partial charge >= 0.3 is 18.5 Å². The molecule has 1 amide bonds. The van der Waals surface area contributed by atoms with Crippen molar-refractivity contribution in [3.8, 4) is 0 Å². The van der Waals surface area contributed by atoms with Gasteiger partial charge in [-0.1, -0.05) is 35.3 Å². The van der Waals surface area contributed by atoms with Crippen LogP contribution in [-0.4, -0.2) is 30.6 Å². The molecule has 0 saturated heterocycles. The summed E-state index contributed by atoms with van der Waals surface area (Å²) in [7, 11) is 0. The molecule has 0 heterocycles. The zero-order chi connectivity index (χ0) is 29.9. The molecule has 0 radical (unpaired) electrons. The first kappa shape index (κ1) is 32.3. The first-order valence-corrected chi connectivity index (χ1v) is 11.1. The topological polar surface area (TPSA) is 46.2 Å². The third kappa shape index (κ3) is 9.09. The SMILES string of the molecule is O=C(CCC(F)(F)F)NCC(=O)c1ccc(/C(F)=C/C(c2cc(Cl)c(F)c(Cl)c2)C(F)(F)F)cc1C(F)(F)F. The van der Waals surface area contributed by atoms with E-state index in [0.29, 0.717) is 24.3 Å². The predicted octanol–water partition coefficient (Wildman–Crippen LogP) is 8.45. The molecule has 2 aromatic rings. The molecule has 16 heteroatoms. The molecule has 0 aromatic heterocycles. The molecule has 214 valence electrons. The second kappa shape index (κ2) is 12.1. The van der Waals surface area contributed by atoms with Gasteiger partial charge in [-0.25, -0.2) is 8.78 Å². The maximum atomic E-state index is 14.8. The van der Waals surface area contributed by atoms with E-state index < -0.39 is 99.5 Å². The highest BCUT2D eigenvalue weighted by atomic mass is 35.5. The van der Waals surface area contributed by atoms with Crippen LogP contribution in [0.3, 0.4) is 0 Å². The van der Waals surface area contributed by atoms with Crippen molar-refractivity contribution in [1.82, 2.24) is 5.32 Å². The Morgan fingerprint density at radius 2 is 1.49 bits per heavy atom. The van der Waals surface area contributed by atoms with Crippen molar-refractivity contribution in [2.75, 3.05) is 6.54 Å². The Morgan fingerprint density at radius 3 is 1.97 bits per heavy atom. The number of Topliss-reactive ketones (excluding diaryl/α,β-unsaturated/α-hetero) is 1. The first-order chi connectivity index (χ1) is 17.7. The van der Waals surface area contributed by atoms with Crippen LogP contribution < -0.4 is 5.32 Å². The fourth-order valence-corrected chi connectivity index (χ4v) is 3.67. The largest absolute Gasteiger partial charge is 0.417 e. The number of halogens is 13. The smallest absolute Gasteiger partial charge is 0.349 e. The van der Waals surface area contributed by atoms with Crippen molar-refractivity contribution in [2.45, 2.75) is 37.3 Å². The Kier molecular flexibility index (Phi) is 10.0. The average molecular weight is 616 g/mol. The van der Waals surface area contributed by atoms with E-state index in [1.807, 2.05) is 0 Å². The van der Waals surface area contributed by atoms with E-state index in [2.05, 4.69) is 0 Å². The molecule has 39 heavy (non-hydrogen) atoms. The molecule has 0 bridgehead atoms. The molecule has 0 saturated carbocycles. The number of benzene rings is 2. The van der Waals surface area contributed by atoms with Gasteiger partial charge in [0.25, 0.3) is 0 Å². The van der Waals surface area contributed by atoms with Gasteiger partial charge in [-0.05, 0) is 29.8 Å². The van der Waals surface area contributed by atoms with Gasteiger partial charge < -0.3 is 5.32 Å². The molecular weight excluding hydrogens is 602 g/mol. The molecule has 0 fully saturated rings. The lowest BCUT2D eigenvalue weighted by atomic mass is 9.95. The third-order valence-electron chi connectivity index (χ3n) is 5.01. The summed E-state index contributed by atoms with van der Waals surface area (Å²) < 4.78 is 147. The zero-order valence-electron chi connectivity index (χ0n) is 18.9. The molecule has 0 spiro atoms. The van der Waals surface area contributed by atoms with E-state index in [1.54, 1.807) is 5.32 Å². The van der Waals surface area contributed by atoms with Crippen LogP contribution in [0, 0.1) is 5.82 Å². The van der Waals surface area contributed by atoms with E-state index in [1.165, 1.54) is 0 Å². The molecule has 1 atom stereocenters. The fraction of sp³-hybridized carbons (Fsp3) is 0.304. The molecule has 0 aliphatic carbocycles. The minimum absolute atomic E-state index is 0.0442. The summed E-state index contributed by atoms with van der Waals surface area (Å²) in [5.41, 5.74) is -4.76. The second-order valence-corrected chi connectivity index (χ2v) is 8.72. The van der Waals surface area contributed by atoms with Gasteiger partial charge in [0, 0.05) is 17.5 Å². The summed E-state index contributed by atoms with van der Waals surface area (Å²) in [4.78, 5) is 23.7. The summed E-state index contributed by atoms with van der Waals surface area (Å²) >= 11 is 11.0. The van der Waals surface area contributed by atoms with Crippen molar-refractivity contribution in [2.24, 2.45) is 0 Å². The quantitative estimate of drug-likeness (QED) is 0.184. The normalized spacial score (nSPS) is 13.8. The number of rotatable bonds is 8. The van der Waals surface area contributed by atoms with Crippen LogP contribution in [0.2, 0.25) is 10.0 Å². The lowest BCUT2D eigenvalue weighted by Crippen LogP contribution is -2.31. The van der Waals surface area contributed by atoms with Crippen LogP contribution in [0.4, 0.5) is 48.3 Å². The molecule has 2 rings (SSSR count). The molecule has 1 unspecified atom stereocenters. The van der Waals surface area contributed by atoms with Gasteiger partial charge in [-0.15, -0.1) is 0 Å². The second-order valence-electron chi connectivity index (χ2n) is 7.91. The molecule has 3 nitrogen and oxygen atoms in total. The van der Waals surface area contributed by atoms with Crippen molar-refractivity contribution in [3.05, 3.63) is 74.5 Å². The molecular formula is C23H14Cl2F11NO2. The van der Waals surface area contributed by atoms with Crippen molar-refractivity contribution >= 4 is 40.7 Å². The highest BCUT2D eigenvalue weighted by Gasteiger charge is 2.41. The van der Waals surface area contributed by atoms with E-state index in [9.17, 15) is 57.9 Å². The summed E-state index contributed by atoms with van der Waals surface area (Å²) in [6.07, 6.45) is -18.0.